The van der Waals surface area contributed by atoms with E-state index in [1.54, 1.807) is 22.2 Å². The summed E-state index contributed by atoms with van der Waals surface area (Å²) >= 11 is 1.62. The molecule has 2 rings (SSSR count). The van der Waals surface area contributed by atoms with Crippen molar-refractivity contribution in [3.8, 4) is 5.00 Å². The summed E-state index contributed by atoms with van der Waals surface area (Å²) in [7, 11) is 0. The molecule has 0 aliphatic rings. The molecule has 0 saturated carbocycles. The molecule has 0 saturated heterocycles. The fourth-order valence-electron chi connectivity index (χ4n) is 0.971. The normalized spacial score (nSPS) is 10.4. The molecule has 0 aliphatic carbocycles. The van der Waals surface area contributed by atoms with Gasteiger partial charge in [0.15, 0.2) is 0 Å². The Balaban J connectivity index is 2.46. The van der Waals surface area contributed by atoms with Gasteiger partial charge in [-0.05, 0) is 17.5 Å². The summed E-state index contributed by atoms with van der Waals surface area (Å²) in [5.74, 6) is 0. The number of nitrogens with zero attached hydrogens (tertiary/aromatic N) is 3. The first-order valence-electron chi connectivity index (χ1n) is 3.55. The fraction of sp³-hybridized carbons (Fsp3) is 0.143. The van der Waals surface area contributed by atoms with E-state index in [9.17, 15) is 0 Å². The average molecular weight is 180 g/mol. The highest BCUT2D eigenvalue weighted by Crippen LogP contribution is 2.14. The third-order valence-corrected chi connectivity index (χ3v) is 2.39. The Morgan fingerprint density at radius 1 is 1.58 bits per heavy atom. The van der Waals surface area contributed by atoms with Gasteiger partial charge in [0.25, 0.3) is 0 Å². The van der Waals surface area contributed by atoms with Gasteiger partial charge in [-0.25, -0.2) is 4.68 Å². The van der Waals surface area contributed by atoms with Crippen molar-refractivity contribution in [1.82, 2.24) is 15.0 Å². The SMILES string of the molecule is NCc1cnnn1-c1cccs1. The van der Waals surface area contributed by atoms with Gasteiger partial charge in [-0.2, -0.15) is 0 Å². The summed E-state index contributed by atoms with van der Waals surface area (Å²) in [6, 6.07) is 3.96. The zero-order valence-electron chi connectivity index (χ0n) is 6.34. The molecule has 2 heterocycles. The van der Waals surface area contributed by atoms with E-state index in [2.05, 4.69) is 10.3 Å². The van der Waals surface area contributed by atoms with Crippen LogP contribution in [0.3, 0.4) is 0 Å². The van der Waals surface area contributed by atoms with Crippen LogP contribution in [0, 0.1) is 0 Å². The van der Waals surface area contributed by atoms with E-state index in [0.717, 1.165) is 10.7 Å². The van der Waals surface area contributed by atoms with Gasteiger partial charge in [-0.3, -0.25) is 0 Å². The maximum atomic E-state index is 5.50. The van der Waals surface area contributed by atoms with Crippen LogP contribution in [0.15, 0.2) is 23.7 Å². The average Bonchev–Trinajstić information content (AvgIpc) is 2.74. The quantitative estimate of drug-likeness (QED) is 0.743. The highest BCUT2D eigenvalue weighted by molar-refractivity contribution is 7.12. The molecular weight excluding hydrogens is 172 g/mol. The van der Waals surface area contributed by atoms with E-state index in [0.29, 0.717) is 6.54 Å². The van der Waals surface area contributed by atoms with Crippen molar-refractivity contribution in [1.29, 1.82) is 0 Å². The van der Waals surface area contributed by atoms with Crippen molar-refractivity contribution in [2.45, 2.75) is 6.54 Å². The Morgan fingerprint density at radius 3 is 3.17 bits per heavy atom. The second-order valence-corrected chi connectivity index (χ2v) is 3.22. The maximum Gasteiger partial charge on any atom is 0.119 e. The summed E-state index contributed by atoms with van der Waals surface area (Å²) < 4.78 is 1.75. The first-order chi connectivity index (χ1) is 5.92. The van der Waals surface area contributed by atoms with Gasteiger partial charge in [0.05, 0.1) is 11.9 Å². The Bertz CT molecular complexity index is 351. The second-order valence-electron chi connectivity index (χ2n) is 2.29. The van der Waals surface area contributed by atoms with E-state index in [1.807, 2.05) is 17.5 Å². The summed E-state index contributed by atoms with van der Waals surface area (Å²) in [4.78, 5) is 0. The van der Waals surface area contributed by atoms with E-state index in [4.69, 9.17) is 5.73 Å². The molecule has 2 aromatic rings. The van der Waals surface area contributed by atoms with Crippen molar-refractivity contribution >= 4 is 11.3 Å². The number of aromatic nitrogens is 3. The molecule has 0 bridgehead atoms. The first kappa shape index (κ1) is 7.45. The molecule has 2 aromatic heterocycles. The van der Waals surface area contributed by atoms with Crippen molar-refractivity contribution in [2.24, 2.45) is 5.73 Å². The Hall–Kier alpha value is -1.20. The highest BCUT2D eigenvalue weighted by atomic mass is 32.1. The van der Waals surface area contributed by atoms with Gasteiger partial charge < -0.3 is 5.73 Å². The van der Waals surface area contributed by atoms with Crippen LogP contribution in [0.1, 0.15) is 5.69 Å². The van der Waals surface area contributed by atoms with Crippen LogP contribution in [0.4, 0.5) is 0 Å². The van der Waals surface area contributed by atoms with Gasteiger partial charge in [0, 0.05) is 6.54 Å². The Labute approximate surface area is 73.6 Å². The molecule has 0 amide bonds. The standard InChI is InChI=1S/C7H8N4S/c8-4-6-5-9-10-11(6)7-2-1-3-12-7/h1-3,5H,4,8H2. The van der Waals surface area contributed by atoms with Crippen molar-refractivity contribution in [2.75, 3.05) is 0 Å². The number of thiophene rings is 1. The Kier molecular flexibility index (Phi) is 1.89. The molecule has 0 unspecified atom stereocenters. The predicted molar refractivity (Wildman–Crippen MR) is 47.1 cm³/mol. The lowest BCUT2D eigenvalue weighted by molar-refractivity contribution is 0.772. The summed E-state index contributed by atoms with van der Waals surface area (Å²) in [5.41, 5.74) is 6.43. The molecule has 62 valence electrons. The minimum Gasteiger partial charge on any atom is -0.325 e. The van der Waals surface area contributed by atoms with Crippen LogP contribution in [0.2, 0.25) is 0 Å². The number of rotatable bonds is 2. The molecule has 5 heteroatoms. The smallest absolute Gasteiger partial charge is 0.119 e. The van der Waals surface area contributed by atoms with Gasteiger partial charge in [0.2, 0.25) is 0 Å². The Morgan fingerprint density at radius 2 is 2.50 bits per heavy atom. The molecular formula is C7H8N4S. The lowest BCUT2D eigenvalue weighted by Gasteiger charge is -1.98. The van der Waals surface area contributed by atoms with Gasteiger partial charge in [0.1, 0.15) is 5.00 Å². The zero-order valence-corrected chi connectivity index (χ0v) is 7.16. The summed E-state index contributed by atoms with van der Waals surface area (Å²) in [5, 5.41) is 10.8. The van der Waals surface area contributed by atoms with Crippen molar-refractivity contribution < 1.29 is 0 Å². The van der Waals surface area contributed by atoms with Gasteiger partial charge in [-0.15, -0.1) is 16.4 Å². The van der Waals surface area contributed by atoms with Crippen molar-refractivity contribution in [3.05, 3.63) is 29.4 Å². The van der Waals surface area contributed by atoms with E-state index >= 15 is 0 Å². The van der Waals surface area contributed by atoms with Crippen LogP contribution in [0.25, 0.3) is 5.00 Å². The lowest BCUT2D eigenvalue weighted by Crippen LogP contribution is -2.05. The van der Waals surface area contributed by atoms with Crippen LogP contribution < -0.4 is 5.73 Å². The van der Waals surface area contributed by atoms with Crippen LogP contribution in [-0.2, 0) is 6.54 Å². The molecule has 0 aliphatic heterocycles. The molecule has 0 aromatic carbocycles. The number of hydrogen-bond donors (Lipinski definition) is 1. The molecule has 0 radical (unpaired) electrons. The minimum atomic E-state index is 0.463. The third kappa shape index (κ3) is 1.13. The largest absolute Gasteiger partial charge is 0.325 e. The fourth-order valence-corrected chi connectivity index (χ4v) is 1.68. The molecule has 0 fully saturated rings. The maximum absolute atomic E-state index is 5.50. The lowest BCUT2D eigenvalue weighted by atomic mass is 10.5. The molecule has 12 heavy (non-hydrogen) atoms. The monoisotopic (exact) mass is 180 g/mol. The topological polar surface area (TPSA) is 56.7 Å². The second kappa shape index (κ2) is 3.04. The van der Waals surface area contributed by atoms with Crippen LogP contribution in [-0.4, -0.2) is 15.0 Å². The number of hydrogen-bond acceptors (Lipinski definition) is 4. The van der Waals surface area contributed by atoms with Gasteiger partial charge in [-0.1, -0.05) is 5.21 Å². The zero-order chi connectivity index (χ0) is 8.39. The molecule has 0 spiro atoms. The van der Waals surface area contributed by atoms with Gasteiger partial charge >= 0.3 is 0 Å². The predicted octanol–water partition coefficient (Wildman–Crippen LogP) is 0.787. The van der Waals surface area contributed by atoms with E-state index in [1.165, 1.54) is 0 Å². The minimum absolute atomic E-state index is 0.463. The number of nitrogens with two attached hydrogens (primary N) is 1. The van der Waals surface area contributed by atoms with Crippen LogP contribution in [0.5, 0.6) is 0 Å². The molecule has 0 atom stereocenters. The van der Waals surface area contributed by atoms with E-state index < -0.39 is 0 Å². The molecule has 2 N–H and O–H groups in total. The van der Waals surface area contributed by atoms with Crippen molar-refractivity contribution in [3.63, 3.8) is 0 Å². The first-order valence-corrected chi connectivity index (χ1v) is 4.43. The third-order valence-electron chi connectivity index (χ3n) is 1.54. The molecule has 4 nitrogen and oxygen atoms in total. The highest BCUT2D eigenvalue weighted by Gasteiger charge is 2.03. The summed E-state index contributed by atoms with van der Waals surface area (Å²) in [6.07, 6.45) is 1.68. The van der Waals surface area contributed by atoms with E-state index in [-0.39, 0.29) is 0 Å². The summed E-state index contributed by atoms with van der Waals surface area (Å²) in [6.45, 7) is 0.463. The van der Waals surface area contributed by atoms with Crippen LogP contribution >= 0.6 is 11.3 Å².